The van der Waals surface area contributed by atoms with E-state index >= 15 is 0 Å². The lowest BCUT2D eigenvalue weighted by Crippen LogP contribution is -2.26. The van der Waals surface area contributed by atoms with Gasteiger partial charge in [0.25, 0.3) is 0 Å². The highest BCUT2D eigenvalue weighted by Crippen LogP contribution is 2.26. The highest BCUT2D eigenvalue weighted by Gasteiger charge is 2.16. The number of ether oxygens (including phenoxy) is 1. The van der Waals surface area contributed by atoms with Gasteiger partial charge in [-0.05, 0) is 58.8 Å². The van der Waals surface area contributed by atoms with Crippen LogP contribution in [0.15, 0.2) is 17.1 Å². The number of aromatic nitrogens is 1. The fourth-order valence-electron chi connectivity index (χ4n) is 6.24. The third kappa shape index (κ3) is 18.1. The molecule has 1 N–H and O–H groups in total. The van der Waals surface area contributed by atoms with E-state index in [-0.39, 0.29) is 5.43 Å². The van der Waals surface area contributed by atoms with Crippen LogP contribution in [-0.4, -0.2) is 43.3 Å². The lowest BCUT2D eigenvalue weighted by Gasteiger charge is -2.25. The van der Waals surface area contributed by atoms with Crippen LogP contribution >= 0.6 is 0 Å². The van der Waals surface area contributed by atoms with Gasteiger partial charge in [-0.15, -0.1) is 0 Å². The third-order valence-electron chi connectivity index (χ3n) is 8.88. The number of nitrogens with one attached hydrogen (secondary N) is 1. The molecule has 0 atom stereocenters. The number of rotatable bonds is 26. The van der Waals surface area contributed by atoms with Gasteiger partial charge in [0.1, 0.15) is 0 Å². The molecule has 0 radical (unpaired) electrons. The molecule has 1 heterocycles. The fourth-order valence-corrected chi connectivity index (χ4v) is 6.24. The fraction of sp³-hybridized carbons (Fsp3) is 0.861. The summed E-state index contributed by atoms with van der Waals surface area (Å²) in [6.45, 7) is 6.74. The maximum absolute atomic E-state index is 12.9. The van der Waals surface area contributed by atoms with E-state index in [9.17, 15) is 4.79 Å². The molecule has 1 aromatic rings. The zero-order valence-corrected chi connectivity index (χ0v) is 27.5. The standard InChI is InChI=1S/C36H67N3O2/c1-4-5-6-7-8-9-10-11-12-13-14-15-16-17-18-22-28-41-36-32-39(31-33-24-20-19-21-25-33)34(29-35(36)40)30-37-26-23-27-38(2)3/h29,32-33,37H,4-28,30-31H2,1-3H3. The lowest BCUT2D eigenvalue weighted by atomic mass is 9.89. The normalized spacial score (nSPS) is 14.2. The Labute approximate surface area is 254 Å². The van der Waals surface area contributed by atoms with Crippen molar-refractivity contribution in [2.45, 2.75) is 161 Å². The largest absolute Gasteiger partial charge is 0.488 e. The van der Waals surface area contributed by atoms with E-state index in [4.69, 9.17) is 4.74 Å². The van der Waals surface area contributed by atoms with Crippen molar-refractivity contribution >= 4 is 0 Å². The van der Waals surface area contributed by atoms with Gasteiger partial charge in [-0.1, -0.05) is 122 Å². The van der Waals surface area contributed by atoms with Gasteiger partial charge in [0.05, 0.1) is 12.8 Å². The molecular formula is C36H67N3O2. The van der Waals surface area contributed by atoms with Gasteiger partial charge in [-0.2, -0.15) is 0 Å². The van der Waals surface area contributed by atoms with Gasteiger partial charge in [-0.3, -0.25) is 4.79 Å². The van der Waals surface area contributed by atoms with Gasteiger partial charge in [0.2, 0.25) is 5.43 Å². The van der Waals surface area contributed by atoms with E-state index in [2.05, 4.69) is 35.8 Å². The Hall–Kier alpha value is -1.33. The molecule has 0 saturated heterocycles. The maximum atomic E-state index is 12.9. The molecule has 41 heavy (non-hydrogen) atoms. The molecule has 1 aliphatic rings. The van der Waals surface area contributed by atoms with Gasteiger partial charge >= 0.3 is 0 Å². The van der Waals surface area contributed by atoms with Crippen LogP contribution in [0.25, 0.3) is 0 Å². The molecule has 0 spiro atoms. The van der Waals surface area contributed by atoms with Crippen molar-refractivity contribution in [3.63, 3.8) is 0 Å². The van der Waals surface area contributed by atoms with Crippen molar-refractivity contribution < 1.29 is 4.74 Å². The molecule has 1 saturated carbocycles. The Morgan fingerprint density at radius 3 is 1.93 bits per heavy atom. The summed E-state index contributed by atoms with van der Waals surface area (Å²) < 4.78 is 8.37. The van der Waals surface area contributed by atoms with Gasteiger partial charge in [-0.25, -0.2) is 0 Å². The van der Waals surface area contributed by atoms with Crippen LogP contribution in [0.2, 0.25) is 0 Å². The average Bonchev–Trinajstić information content (AvgIpc) is 2.96. The zero-order valence-electron chi connectivity index (χ0n) is 27.5. The second-order valence-electron chi connectivity index (χ2n) is 13.1. The molecule has 1 aliphatic carbocycles. The van der Waals surface area contributed by atoms with Crippen LogP contribution in [0.3, 0.4) is 0 Å². The molecule has 0 unspecified atom stereocenters. The van der Waals surface area contributed by atoms with E-state index < -0.39 is 0 Å². The third-order valence-corrected chi connectivity index (χ3v) is 8.88. The van der Waals surface area contributed by atoms with Crippen molar-refractivity contribution in [2.75, 3.05) is 33.8 Å². The Morgan fingerprint density at radius 2 is 1.37 bits per heavy atom. The minimum atomic E-state index is 0.0338. The van der Waals surface area contributed by atoms with Crippen LogP contribution in [0.5, 0.6) is 5.75 Å². The van der Waals surface area contributed by atoms with Gasteiger partial charge in [0, 0.05) is 24.8 Å². The molecule has 5 nitrogen and oxygen atoms in total. The van der Waals surface area contributed by atoms with E-state index in [1.807, 2.05) is 12.3 Å². The summed E-state index contributed by atoms with van der Waals surface area (Å²) in [5, 5.41) is 3.56. The van der Waals surface area contributed by atoms with E-state index in [1.54, 1.807) is 0 Å². The van der Waals surface area contributed by atoms with Crippen molar-refractivity contribution in [3.8, 4) is 5.75 Å². The second-order valence-corrected chi connectivity index (χ2v) is 13.1. The van der Waals surface area contributed by atoms with Crippen molar-refractivity contribution in [3.05, 3.63) is 28.2 Å². The lowest BCUT2D eigenvalue weighted by molar-refractivity contribution is 0.289. The summed E-state index contributed by atoms with van der Waals surface area (Å²) in [4.78, 5) is 15.1. The molecule has 0 bridgehead atoms. The first kappa shape index (κ1) is 35.9. The molecule has 0 amide bonds. The van der Waals surface area contributed by atoms with Gasteiger partial charge in [0.15, 0.2) is 5.75 Å². The number of pyridine rings is 1. The first-order valence-electron chi connectivity index (χ1n) is 17.8. The van der Waals surface area contributed by atoms with E-state index in [0.717, 1.165) is 44.7 Å². The maximum Gasteiger partial charge on any atom is 0.223 e. The average molecular weight is 574 g/mol. The molecular weight excluding hydrogens is 506 g/mol. The topological polar surface area (TPSA) is 46.5 Å². The highest BCUT2D eigenvalue weighted by molar-refractivity contribution is 5.22. The summed E-state index contributed by atoms with van der Waals surface area (Å²) in [7, 11) is 4.22. The summed E-state index contributed by atoms with van der Waals surface area (Å²) in [5.41, 5.74) is 1.13. The van der Waals surface area contributed by atoms with Crippen LogP contribution in [-0.2, 0) is 13.1 Å². The van der Waals surface area contributed by atoms with Crippen LogP contribution in [0.4, 0.5) is 0 Å². The summed E-state index contributed by atoms with van der Waals surface area (Å²) >= 11 is 0. The van der Waals surface area contributed by atoms with E-state index in [1.165, 1.54) is 128 Å². The number of hydrogen-bond donors (Lipinski definition) is 1. The quantitative estimate of drug-likeness (QED) is 0.112. The minimum Gasteiger partial charge on any atom is -0.488 e. The van der Waals surface area contributed by atoms with Gasteiger partial charge < -0.3 is 19.5 Å². The minimum absolute atomic E-state index is 0.0338. The molecule has 0 aliphatic heterocycles. The number of nitrogens with zero attached hydrogens (tertiary/aromatic N) is 2. The van der Waals surface area contributed by atoms with E-state index in [0.29, 0.717) is 18.3 Å². The first-order chi connectivity index (χ1) is 20.1. The Morgan fingerprint density at radius 1 is 0.805 bits per heavy atom. The molecule has 5 heteroatoms. The zero-order chi connectivity index (χ0) is 29.4. The van der Waals surface area contributed by atoms with Crippen LogP contribution in [0, 0.1) is 5.92 Å². The summed E-state index contributed by atoms with van der Waals surface area (Å²) in [6, 6.07) is 1.82. The van der Waals surface area contributed by atoms with Crippen molar-refractivity contribution in [1.29, 1.82) is 0 Å². The Balaban J connectivity index is 1.61. The molecule has 1 fully saturated rings. The van der Waals surface area contributed by atoms with Crippen LogP contribution in [0.1, 0.15) is 154 Å². The summed E-state index contributed by atoms with van der Waals surface area (Å²) in [5.74, 6) is 1.25. The summed E-state index contributed by atoms with van der Waals surface area (Å²) in [6.07, 6.45) is 31.6. The Kier molecular flexibility index (Phi) is 21.1. The van der Waals surface area contributed by atoms with Crippen molar-refractivity contribution in [1.82, 2.24) is 14.8 Å². The smallest absolute Gasteiger partial charge is 0.223 e. The monoisotopic (exact) mass is 574 g/mol. The second kappa shape index (κ2) is 24.1. The highest BCUT2D eigenvalue weighted by atomic mass is 16.5. The Bertz CT molecular complexity index is 801. The molecule has 1 aromatic heterocycles. The predicted molar refractivity (Wildman–Crippen MR) is 177 cm³/mol. The number of unbranched alkanes of at least 4 members (excludes halogenated alkanes) is 15. The van der Waals surface area contributed by atoms with Crippen LogP contribution < -0.4 is 15.5 Å². The first-order valence-corrected chi connectivity index (χ1v) is 17.8. The molecule has 238 valence electrons. The predicted octanol–water partition coefficient (Wildman–Crippen LogP) is 9.11. The van der Waals surface area contributed by atoms with Crippen molar-refractivity contribution in [2.24, 2.45) is 5.92 Å². The molecule has 2 rings (SSSR count). The SMILES string of the molecule is CCCCCCCCCCCCCCCCCCOc1cn(CC2CCCCC2)c(CNCCCN(C)C)cc1=O. The number of hydrogen-bond acceptors (Lipinski definition) is 4. The molecule has 0 aromatic carbocycles.